The molecule has 1 amide bonds. The van der Waals surface area contributed by atoms with E-state index in [2.05, 4.69) is 15.5 Å². The van der Waals surface area contributed by atoms with Crippen LogP contribution < -0.4 is 5.32 Å². The summed E-state index contributed by atoms with van der Waals surface area (Å²) in [7, 11) is 0. The Hall–Kier alpha value is -1.32. The first-order valence-electron chi connectivity index (χ1n) is 5.68. The minimum Gasteiger partial charge on any atom is -0.356 e. The highest BCUT2D eigenvalue weighted by Gasteiger charge is 2.20. The number of H-pyrrole nitrogens is 1. The molecule has 4 heteroatoms. The smallest absolute Gasteiger partial charge is 0.225 e. The Morgan fingerprint density at radius 3 is 2.69 bits per heavy atom. The standard InChI is InChI=1S/C12H21N3O/c1-9-10(8-14-15-9)6-5-7-13-11(16)12(2,3)4/h8H,5-7H2,1-4H3,(H,13,16)(H,14,15). The number of rotatable bonds is 4. The van der Waals surface area contributed by atoms with Crippen LogP contribution in [-0.4, -0.2) is 22.6 Å². The van der Waals surface area contributed by atoms with E-state index in [4.69, 9.17) is 0 Å². The number of amides is 1. The van der Waals surface area contributed by atoms with E-state index in [0.29, 0.717) is 0 Å². The maximum atomic E-state index is 11.6. The molecule has 2 N–H and O–H groups in total. The van der Waals surface area contributed by atoms with Crippen molar-refractivity contribution in [1.82, 2.24) is 15.5 Å². The van der Waals surface area contributed by atoms with Gasteiger partial charge >= 0.3 is 0 Å². The third kappa shape index (κ3) is 3.68. The monoisotopic (exact) mass is 223 g/mol. The van der Waals surface area contributed by atoms with E-state index >= 15 is 0 Å². The predicted octanol–water partition coefficient (Wildman–Crippen LogP) is 1.81. The molecule has 0 fully saturated rings. The topological polar surface area (TPSA) is 57.8 Å². The van der Waals surface area contributed by atoms with Crippen molar-refractivity contribution < 1.29 is 4.79 Å². The van der Waals surface area contributed by atoms with Gasteiger partial charge in [0.15, 0.2) is 0 Å². The average molecular weight is 223 g/mol. The Labute approximate surface area is 96.8 Å². The molecule has 0 aliphatic heterocycles. The molecule has 0 spiro atoms. The van der Waals surface area contributed by atoms with E-state index in [0.717, 1.165) is 25.1 Å². The third-order valence-corrected chi connectivity index (χ3v) is 2.52. The molecule has 0 radical (unpaired) electrons. The zero-order chi connectivity index (χ0) is 12.2. The maximum Gasteiger partial charge on any atom is 0.225 e. The Kier molecular flexibility index (Phi) is 4.10. The average Bonchev–Trinajstić information content (AvgIpc) is 2.57. The number of carbonyl (C=O) groups excluding carboxylic acids is 1. The summed E-state index contributed by atoms with van der Waals surface area (Å²) in [5, 5.41) is 9.80. The lowest BCUT2D eigenvalue weighted by Gasteiger charge is -2.17. The summed E-state index contributed by atoms with van der Waals surface area (Å²) < 4.78 is 0. The lowest BCUT2D eigenvalue weighted by atomic mass is 9.95. The van der Waals surface area contributed by atoms with Crippen LogP contribution in [0.25, 0.3) is 0 Å². The lowest BCUT2D eigenvalue weighted by molar-refractivity contribution is -0.128. The second-order valence-corrected chi connectivity index (χ2v) is 5.13. The summed E-state index contributed by atoms with van der Waals surface area (Å²) >= 11 is 0. The Bertz CT molecular complexity index is 349. The van der Waals surface area contributed by atoms with Crippen LogP contribution >= 0.6 is 0 Å². The first-order chi connectivity index (χ1) is 7.41. The van der Waals surface area contributed by atoms with Gasteiger partial charge in [-0.25, -0.2) is 0 Å². The zero-order valence-corrected chi connectivity index (χ0v) is 10.6. The highest BCUT2D eigenvalue weighted by atomic mass is 16.2. The fourth-order valence-electron chi connectivity index (χ4n) is 1.37. The first kappa shape index (κ1) is 12.7. The van der Waals surface area contributed by atoms with Crippen LogP contribution in [0.2, 0.25) is 0 Å². The van der Waals surface area contributed by atoms with Crippen LogP contribution in [0.4, 0.5) is 0 Å². The van der Waals surface area contributed by atoms with Gasteiger partial charge in [0, 0.05) is 17.7 Å². The molecule has 4 nitrogen and oxygen atoms in total. The van der Waals surface area contributed by atoms with Crippen molar-refractivity contribution in [3.63, 3.8) is 0 Å². The van der Waals surface area contributed by atoms with Crippen molar-refractivity contribution in [3.05, 3.63) is 17.5 Å². The number of hydrogen-bond acceptors (Lipinski definition) is 2. The van der Waals surface area contributed by atoms with E-state index in [1.165, 1.54) is 5.56 Å². The number of hydrogen-bond donors (Lipinski definition) is 2. The third-order valence-electron chi connectivity index (χ3n) is 2.52. The maximum absolute atomic E-state index is 11.6. The molecular formula is C12H21N3O. The molecule has 0 saturated heterocycles. The van der Waals surface area contributed by atoms with Crippen molar-refractivity contribution in [1.29, 1.82) is 0 Å². The van der Waals surface area contributed by atoms with Gasteiger partial charge in [-0.05, 0) is 25.3 Å². The zero-order valence-electron chi connectivity index (χ0n) is 10.6. The normalized spacial score (nSPS) is 11.5. The number of nitrogens with zero attached hydrogens (tertiary/aromatic N) is 1. The highest BCUT2D eigenvalue weighted by Crippen LogP contribution is 2.12. The summed E-state index contributed by atoms with van der Waals surface area (Å²) in [6.07, 6.45) is 3.75. The molecule has 16 heavy (non-hydrogen) atoms. The molecular weight excluding hydrogens is 202 g/mol. The minimum atomic E-state index is -0.300. The number of nitrogens with one attached hydrogen (secondary N) is 2. The fraction of sp³-hybridized carbons (Fsp3) is 0.667. The number of carbonyl (C=O) groups is 1. The summed E-state index contributed by atoms with van der Waals surface area (Å²) in [6.45, 7) is 8.49. The molecule has 0 atom stereocenters. The summed E-state index contributed by atoms with van der Waals surface area (Å²) in [5.74, 6) is 0.108. The highest BCUT2D eigenvalue weighted by molar-refractivity contribution is 5.81. The van der Waals surface area contributed by atoms with Crippen molar-refractivity contribution in [2.24, 2.45) is 5.41 Å². The van der Waals surface area contributed by atoms with Crippen molar-refractivity contribution in [3.8, 4) is 0 Å². The molecule has 1 aromatic heterocycles. The Morgan fingerprint density at radius 2 is 2.19 bits per heavy atom. The Balaban J connectivity index is 2.23. The van der Waals surface area contributed by atoms with Gasteiger partial charge in [0.25, 0.3) is 0 Å². The molecule has 0 aliphatic carbocycles. The van der Waals surface area contributed by atoms with Crippen LogP contribution in [0.15, 0.2) is 6.20 Å². The van der Waals surface area contributed by atoms with Crippen LogP contribution in [0.3, 0.4) is 0 Å². The Morgan fingerprint density at radius 1 is 1.50 bits per heavy atom. The van der Waals surface area contributed by atoms with Gasteiger partial charge in [-0.3, -0.25) is 9.89 Å². The second-order valence-electron chi connectivity index (χ2n) is 5.13. The van der Waals surface area contributed by atoms with E-state index < -0.39 is 0 Å². The van der Waals surface area contributed by atoms with Crippen molar-refractivity contribution >= 4 is 5.91 Å². The van der Waals surface area contributed by atoms with Crippen LogP contribution in [-0.2, 0) is 11.2 Å². The van der Waals surface area contributed by atoms with Crippen LogP contribution in [0, 0.1) is 12.3 Å². The van der Waals surface area contributed by atoms with Gasteiger partial charge in [-0.2, -0.15) is 5.10 Å². The predicted molar refractivity (Wildman–Crippen MR) is 64.1 cm³/mol. The van der Waals surface area contributed by atoms with E-state index in [1.54, 1.807) is 0 Å². The first-order valence-corrected chi connectivity index (χ1v) is 5.68. The molecule has 1 rings (SSSR count). The molecule has 0 unspecified atom stereocenters. The molecule has 0 saturated carbocycles. The van der Waals surface area contributed by atoms with Crippen molar-refractivity contribution in [2.75, 3.05) is 6.54 Å². The molecule has 0 aliphatic rings. The quantitative estimate of drug-likeness (QED) is 0.765. The second kappa shape index (κ2) is 5.14. The number of aryl methyl sites for hydroxylation is 2. The largest absolute Gasteiger partial charge is 0.356 e. The van der Waals surface area contributed by atoms with Gasteiger partial charge in [0.1, 0.15) is 0 Å². The molecule has 0 aromatic carbocycles. The van der Waals surface area contributed by atoms with Crippen molar-refractivity contribution in [2.45, 2.75) is 40.5 Å². The van der Waals surface area contributed by atoms with Crippen LogP contribution in [0.1, 0.15) is 38.4 Å². The summed E-state index contributed by atoms with van der Waals surface area (Å²) in [6, 6.07) is 0. The molecule has 0 bridgehead atoms. The summed E-state index contributed by atoms with van der Waals surface area (Å²) in [4.78, 5) is 11.6. The van der Waals surface area contributed by atoms with E-state index in [1.807, 2.05) is 33.9 Å². The van der Waals surface area contributed by atoms with Crippen LogP contribution in [0.5, 0.6) is 0 Å². The fourth-order valence-corrected chi connectivity index (χ4v) is 1.37. The molecule has 90 valence electrons. The SMILES string of the molecule is Cc1[nH]ncc1CCCNC(=O)C(C)(C)C. The molecule has 1 aromatic rings. The van der Waals surface area contributed by atoms with E-state index in [-0.39, 0.29) is 11.3 Å². The van der Waals surface area contributed by atoms with Gasteiger partial charge in [0.2, 0.25) is 5.91 Å². The van der Waals surface area contributed by atoms with Gasteiger partial charge in [-0.1, -0.05) is 20.8 Å². The molecule has 1 heterocycles. The number of aromatic nitrogens is 2. The van der Waals surface area contributed by atoms with Gasteiger partial charge in [0.05, 0.1) is 6.20 Å². The lowest BCUT2D eigenvalue weighted by Crippen LogP contribution is -2.35. The summed E-state index contributed by atoms with van der Waals surface area (Å²) in [5.41, 5.74) is 2.04. The number of aromatic amines is 1. The van der Waals surface area contributed by atoms with Gasteiger partial charge in [-0.15, -0.1) is 0 Å². The van der Waals surface area contributed by atoms with E-state index in [9.17, 15) is 4.79 Å². The minimum absolute atomic E-state index is 0.108. The van der Waals surface area contributed by atoms with Gasteiger partial charge < -0.3 is 5.32 Å².